The molecule has 0 aliphatic heterocycles. The van der Waals surface area contributed by atoms with Gasteiger partial charge in [0.1, 0.15) is 5.75 Å². The van der Waals surface area contributed by atoms with E-state index in [-0.39, 0.29) is 24.3 Å². The maximum Gasteiger partial charge on any atom is 0.306 e. The number of carboxylic acid groups (broad SMARTS) is 1. The first-order valence-electron chi connectivity index (χ1n) is 6.73. The molecule has 0 radical (unpaired) electrons. The molecule has 5 nitrogen and oxygen atoms in total. The zero-order valence-corrected chi connectivity index (χ0v) is 11.5. The number of hydrogen-bond donors (Lipinski definition) is 2. The third-order valence-corrected chi connectivity index (χ3v) is 3.65. The molecule has 2 atom stereocenters. The predicted molar refractivity (Wildman–Crippen MR) is 73.6 cm³/mol. The summed E-state index contributed by atoms with van der Waals surface area (Å²) in [5.74, 6) is -0.442. The topological polar surface area (TPSA) is 75.6 Å². The Balaban J connectivity index is 1.85. The van der Waals surface area contributed by atoms with E-state index in [0.29, 0.717) is 12.8 Å². The van der Waals surface area contributed by atoms with Gasteiger partial charge in [-0.2, -0.15) is 0 Å². The zero-order chi connectivity index (χ0) is 14.5. The van der Waals surface area contributed by atoms with Crippen LogP contribution in [0.2, 0.25) is 0 Å². The summed E-state index contributed by atoms with van der Waals surface area (Å²) in [6.45, 7) is 0. The summed E-state index contributed by atoms with van der Waals surface area (Å²) in [5, 5.41) is 11.8. The Morgan fingerprint density at radius 3 is 2.85 bits per heavy atom. The van der Waals surface area contributed by atoms with Gasteiger partial charge in [0.15, 0.2) is 0 Å². The lowest BCUT2D eigenvalue weighted by Gasteiger charge is -2.12. The number of ether oxygens (including phenoxy) is 1. The largest absolute Gasteiger partial charge is 0.497 e. The van der Waals surface area contributed by atoms with E-state index in [1.165, 1.54) is 0 Å². The number of aliphatic carboxylic acids is 1. The highest BCUT2D eigenvalue weighted by Crippen LogP contribution is 2.25. The van der Waals surface area contributed by atoms with Gasteiger partial charge in [0.05, 0.1) is 19.4 Å². The average Bonchev–Trinajstić information content (AvgIpc) is 2.87. The fourth-order valence-electron chi connectivity index (χ4n) is 2.58. The summed E-state index contributed by atoms with van der Waals surface area (Å²) >= 11 is 0. The summed E-state index contributed by atoms with van der Waals surface area (Å²) in [4.78, 5) is 22.8. The standard InChI is InChI=1S/C15H19NO4/c1-20-13-4-2-3-10(7-13)8-14(17)16-12-6-5-11(9-12)15(18)19/h2-4,7,11-12H,5-6,8-9H2,1H3,(H,16,17)(H,18,19)/t11-,12+/m0/s1. The Labute approximate surface area is 117 Å². The summed E-state index contributed by atoms with van der Waals surface area (Å²) < 4.78 is 5.11. The van der Waals surface area contributed by atoms with Gasteiger partial charge >= 0.3 is 5.97 Å². The van der Waals surface area contributed by atoms with Crippen LogP contribution < -0.4 is 10.1 Å². The number of benzene rings is 1. The minimum atomic E-state index is -0.769. The lowest BCUT2D eigenvalue weighted by atomic mass is 10.1. The van der Waals surface area contributed by atoms with Crippen molar-refractivity contribution in [1.29, 1.82) is 0 Å². The number of rotatable bonds is 5. The quantitative estimate of drug-likeness (QED) is 0.857. The molecule has 20 heavy (non-hydrogen) atoms. The van der Waals surface area contributed by atoms with Gasteiger partial charge in [-0.3, -0.25) is 9.59 Å². The molecule has 2 N–H and O–H groups in total. The lowest BCUT2D eigenvalue weighted by molar-refractivity contribution is -0.141. The van der Waals surface area contributed by atoms with Crippen molar-refractivity contribution in [1.82, 2.24) is 5.32 Å². The molecule has 0 unspecified atom stereocenters. The summed E-state index contributed by atoms with van der Waals surface area (Å²) in [6.07, 6.45) is 2.19. The Hall–Kier alpha value is -2.04. The fourth-order valence-corrected chi connectivity index (χ4v) is 2.58. The lowest BCUT2D eigenvalue weighted by Crippen LogP contribution is -2.34. The van der Waals surface area contributed by atoms with E-state index in [1.54, 1.807) is 7.11 Å². The first kappa shape index (κ1) is 14.4. The van der Waals surface area contributed by atoms with Gasteiger partial charge in [-0.1, -0.05) is 12.1 Å². The molecule has 5 heteroatoms. The van der Waals surface area contributed by atoms with Crippen LogP contribution in [0.1, 0.15) is 24.8 Å². The number of carbonyl (C=O) groups is 2. The van der Waals surface area contributed by atoms with Gasteiger partial charge < -0.3 is 15.2 Å². The highest BCUT2D eigenvalue weighted by atomic mass is 16.5. The molecular formula is C15H19NO4. The molecule has 1 aromatic rings. The third-order valence-electron chi connectivity index (χ3n) is 3.65. The van der Waals surface area contributed by atoms with Crippen molar-refractivity contribution in [3.05, 3.63) is 29.8 Å². The highest BCUT2D eigenvalue weighted by Gasteiger charge is 2.30. The Morgan fingerprint density at radius 1 is 1.40 bits per heavy atom. The van der Waals surface area contributed by atoms with E-state index in [1.807, 2.05) is 24.3 Å². The second kappa shape index (κ2) is 6.41. The number of methoxy groups -OCH3 is 1. The summed E-state index contributed by atoms with van der Waals surface area (Å²) in [6, 6.07) is 7.35. The summed E-state index contributed by atoms with van der Waals surface area (Å²) in [5.41, 5.74) is 0.884. The van der Waals surface area contributed by atoms with Crippen LogP contribution in [0.3, 0.4) is 0 Å². The van der Waals surface area contributed by atoms with Gasteiger partial charge in [-0.05, 0) is 37.0 Å². The van der Waals surface area contributed by atoms with Crippen LogP contribution in [-0.2, 0) is 16.0 Å². The van der Waals surface area contributed by atoms with Crippen molar-refractivity contribution in [2.45, 2.75) is 31.7 Å². The molecule has 1 aromatic carbocycles. The fraction of sp³-hybridized carbons (Fsp3) is 0.467. The van der Waals surface area contributed by atoms with Crippen LogP contribution in [0.4, 0.5) is 0 Å². The number of carbonyl (C=O) groups excluding carboxylic acids is 1. The molecule has 0 heterocycles. The van der Waals surface area contributed by atoms with Gasteiger partial charge in [-0.25, -0.2) is 0 Å². The van der Waals surface area contributed by atoms with E-state index in [0.717, 1.165) is 17.7 Å². The normalized spacial score (nSPS) is 21.4. The molecule has 0 aromatic heterocycles. The summed E-state index contributed by atoms with van der Waals surface area (Å²) in [7, 11) is 1.59. The molecule has 1 saturated carbocycles. The predicted octanol–water partition coefficient (Wildman–Crippen LogP) is 1.61. The van der Waals surface area contributed by atoms with E-state index in [4.69, 9.17) is 9.84 Å². The molecule has 1 fully saturated rings. The van der Waals surface area contributed by atoms with E-state index in [9.17, 15) is 9.59 Å². The first-order valence-corrected chi connectivity index (χ1v) is 6.73. The Bertz CT molecular complexity index is 500. The first-order chi connectivity index (χ1) is 9.58. The van der Waals surface area contributed by atoms with Gasteiger partial charge in [0.25, 0.3) is 0 Å². The minimum Gasteiger partial charge on any atom is -0.497 e. The van der Waals surface area contributed by atoms with Crippen LogP contribution >= 0.6 is 0 Å². The second-order valence-electron chi connectivity index (χ2n) is 5.14. The van der Waals surface area contributed by atoms with E-state index >= 15 is 0 Å². The Kier molecular flexibility index (Phi) is 4.61. The molecule has 2 rings (SSSR count). The molecule has 0 bridgehead atoms. The van der Waals surface area contributed by atoms with Crippen LogP contribution in [0.25, 0.3) is 0 Å². The van der Waals surface area contributed by atoms with E-state index in [2.05, 4.69) is 5.32 Å². The van der Waals surface area contributed by atoms with Crippen molar-refractivity contribution >= 4 is 11.9 Å². The molecule has 0 spiro atoms. The van der Waals surface area contributed by atoms with Crippen LogP contribution in [-0.4, -0.2) is 30.1 Å². The van der Waals surface area contributed by atoms with Crippen LogP contribution in [0, 0.1) is 5.92 Å². The zero-order valence-electron chi connectivity index (χ0n) is 11.5. The molecule has 0 saturated heterocycles. The molecule has 108 valence electrons. The Morgan fingerprint density at radius 2 is 2.20 bits per heavy atom. The van der Waals surface area contributed by atoms with Crippen molar-refractivity contribution in [2.75, 3.05) is 7.11 Å². The molecule has 1 amide bonds. The molecule has 1 aliphatic carbocycles. The monoisotopic (exact) mass is 277 g/mol. The smallest absolute Gasteiger partial charge is 0.306 e. The molecule has 1 aliphatic rings. The van der Waals surface area contributed by atoms with Crippen LogP contribution in [0.5, 0.6) is 5.75 Å². The average molecular weight is 277 g/mol. The maximum atomic E-state index is 11.9. The minimum absolute atomic E-state index is 0.0193. The number of carboxylic acids is 1. The van der Waals surface area contributed by atoms with Crippen molar-refractivity contribution in [2.24, 2.45) is 5.92 Å². The van der Waals surface area contributed by atoms with Gasteiger partial charge in [0.2, 0.25) is 5.91 Å². The number of hydrogen-bond acceptors (Lipinski definition) is 3. The number of nitrogens with one attached hydrogen (secondary N) is 1. The second-order valence-corrected chi connectivity index (χ2v) is 5.14. The van der Waals surface area contributed by atoms with Crippen LogP contribution in [0.15, 0.2) is 24.3 Å². The van der Waals surface area contributed by atoms with Gasteiger partial charge in [0, 0.05) is 6.04 Å². The molecular weight excluding hydrogens is 258 g/mol. The van der Waals surface area contributed by atoms with E-state index < -0.39 is 5.97 Å². The van der Waals surface area contributed by atoms with Crippen molar-refractivity contribution < 1.29 is 19.4 Å². The highest BCUT2D eigenvalue weighted by molar-refractivity contribution is 5.79. The number of amides is 1. The maximum absolute atomic E-state index is 11.9. The SMILES string of the molecule is COc1cccc(CC(=O)N[C@@H]2CC[C@H](C(=O)O)C2)c1. The van der Waals surface area contributed by atoms with Gasteiger partial charge in [-0.15, -0.1) is 0 Å². The van der Waals surface area contributed by atoms with Crippen molar-refractivity contribution in [3.63, 3.8) is 0 Å². The van der Waals surface area contributed by atoms with Crippen molar-refractivity contribution in [3.8, 4) is 5.75 Å². The third kappa shape index (κ3) is 3.73.